The van der Waals surface area contributed by atoms with Crippen molar-refractivity contribution >= 4 is 0 Å². The SMILES string of the molecule is COCCCCCC(N)c1ccccc1. The van der Waals surface area contributed by atoms with Crippen LogP contribution in [0.15, 0.2) is 30.3 Å². The van der Waals surface area contributed by atoms with E-state index >= 15 is 0 Å². The zero-order valence-electron chi connectivity index (χ0n) is 9.49. The molecule has 2 heteroatoms. The van der Waals surface area contributed by atoms with E-state index in [1.807, 2.05) is 18.2 Å². The van der Waals surface area contributed by atoms with Gasteiger partial charge in [-0.2, -0.15) is 0 Å². The van der Waals surface area contributed by atoms with Crippen LogP contribution in [0.2, 0.25) is 0 Å². The van der Waals surface area contributed by atoms with Gasteiger partial charge in [-0.15, -0.1) is 0 Å². The Morgan fingerprint density at radius 3 is 2.53 bits per heavy atom. The van der Waals surface area contributed by atoms with Crippen LogP contribution in [-0.4, -0.2) is 13.7 Å². The smallest absolute Gasteiger partial charge is 0.0462 e. The van der Waals surface area contributed by atoms with Crippen LogP contribution in [-0.2, 0) is 4.74 Å². The van der Waals surface area contributed by atoms with E-state index in [0.717, 1.165) is 19.4 Å². The molecule has 0 aliphatic heterocycles. The molecule has 0 aliphatic rings. The van der Waals surface area contributed by atoms with Crippen LogP contribution in [0, 0.1) is 0 Å². The minimum absolute atomic E-state index is 0.189. The summed E-state index contributed by atoms with van der Waals surface area (Å²) in [6.07, 6.45) is 4.58. The fraction of sp³-hybridized carbons (Fsp3) is 0.538. The van der Waals surface area contributed by atoms with Gasteiger partial charge in [-0.25, -0.2) is 0 Å². The maximum absolute atomic E-state index is 6.08. The first-order valence-corrected chi connectivity index (χ1v) is 5.64. The van der Waals surface area contributed by atoms with E-state index in [-0.39, 0.29) is 6.04 Å². The second-order valence-electron chi connectivity index (χ2n) is 3.86. The lowest BCUT2D eigenvalue weighted by Crippen LogP contribution is -2.09. The monoisotopic (exact) mass is 207 g/mol. The van der Waals surface area contributed by atoms with Crippen LogP contribution in [0.3, 0.4) is 0 Å². The molecule has 0 heterocycles. The Hall–Kier alpha value is -0.860. The standard InChI is InChI=1S/C13H21NO/c1-15-11-7-3-6-10-13(14)12-8-4-2-5-9-12/h2,4-5,8-9,13H,3,6-7,10-11,14H2,1H3. The molecule has 0 aromatic heterocycles. The van der Waals surface area contributed by atoms with Crippen LogP contribution in [0.25, 0.3) is 0 Å². The minimum atomic E-state index is 0.189. The van der Waals surface area contributed by atoms with Gasteiger partial charge < -0.3 is 10.5 Å². The minimum Gasteiger partial charge on any atom is -0.385 e. The normalized spacial score (nSPS) is 12.7. The third kappa shape index (κ3) is 4.96. The summed E-state index contributed by atoms with van der Waals surface area (Å²) in [7, 11) is 1.75. The molecular weight excluding hydrogens is 186 g/mol. The predicted molar refractivity (Wildman–Crippen MR) is 63.7 cm³/mol. The predicted octanol–water partition coefficient (Wildman–Crippen LogP) is 2.89. The molecule has 0 aliphatic carbocycles. The van der Waals surface area contributed by atoms with E-state index in [0.29, 0.717) is 0 Å². The van der Waals surface area contributed by atoms with Crippen molar-refractivity contribution in [2.45, 2.75) is 31.7 Å². The van der Waals surface area contributed by atoms with E-state index in [2.05, 4.69) is 12.1 Å². The van der Waals surface area contributed by atoms with Gasteiger partial charge in [-0.05, 0) is 18.4 Å². The van der Waals surface area contributed by atoms with Gasteiger partial charge in [0.2, 0.25) is 0 Å². The second-order valence-corrected chi connectivity index (χ2v) is 3.86. The van der Waals surface area contributed by atoms with Crippen molar-refractivity contribution in [2.24, 2.45) is 5.73 Å². The van der Waals surface area contributed by atoms with E-state index in [9.17, 15) is 0 Å². The average Bonchev–Trinajstić information content (AvgIpc) is 2.30. The lowest BCUT2D eigenvalue weighted by atomic mass is 10.0. The summed E-state index contributed by atoms with van der Waals surface area (Å²) in [5.74, 6) is 0. The number of methoxy groups -OCH3 is 1. The molecule has 0 bridgehead atoms. The summed E-state index contributed by atoms with van der Waals surface area (Å²) in [6.45, 7) is 0.862. The third-order valence-corrected chi connectivity index (χ3v) is 2.59. The largest absolute Gasteiger partial charge is 0.385 e. The average molecular weight is 207 g/mol. The molecule has 1 aromatic carbocycles. The molecule has 0 saturated heterocycles. The fourth-order valence-electron chi connectivity index (χ4n) is 1.65. The molecule has 0 saturated carbocycles. The third-order valence-electron chi connectivity index (χ3n) is 2.59. The molecule has 1 atom stereocenters. The van der Waals surface area contributed by atoms with Gasteiger partial charge in [0.25, 0.3) is 0 Å². The molecule has 1 rings (SSSR count). The molecule has 84 valence electrons. The highest BCUT2D eigenvalue weighted by Gasteiger charge is 2.03. The van der Waals surface area contributed by atoms with Crippen LogP contribution >= 0.6 is 0 Å². The van der Waals surface area contributed by atoms with Crippen LogP contribution in [0.4, 0.5) is 0 Å². The maximum Gasteiger partial charge on any atom is 0.0462 e. The van der Waals surface area contributed by atoms with Gasteiger partial charge in [0.15, 0.2) is 0 Å². The maximum atomic E-state index is 6.08. The van der Waals surface area contributed by atoms with Crippen molar-refractivity contribution in [3.63, 3.8) is 0 Å². The first-order valence-electron chi connectivity index (χ1n) is 5.64. The fourth-order valence-corrected chi connectivity index (χ4v) is 1.65. The summed E-state index contributed by atoms with van der Waals surface area (Å²) < 4.78 is 5.00. The second kappa shape index (κ2) is 7.43. The van der Waals surface area contributed by atoms with Crippen LogP contribution < -0.4 is 5.73 Å². The molecule has 15 heavy (non-hydrogen) atoms. The van der Waals surface area contributed by atoms with E-state index < -0.39 is 0 Å². The van der Waals surface area contributed by atoms with Crippen molar-refractivity contribution in [1.82, 2.24) is 0 Å². The van der Waals surface area contributed by atoms with Gasteiger partial charge in [0, 0.05) is 19.8 Å². The summed E-state index contributed by atoms with van der Waals surface area (Å²) >= 11 is 0. The van der Waals surface area contributed by atoms with Gasteiger partial charge >= 0.3 is 0 Å². The van der Waals surface area contributed by atoms with Crippen molar-refractivity contribution in [3.8, 4) is 0 Å². The lowest BCUT2D eigenvalue weighted by molar-refractivity contribution is 0.191. The number of unbranched alkanes of at least 4 members (excludes halogenated alkanes) is 2. The highest BCUT2D eigenvalue weighted by atomic mass is 16.5. The molecule has 0 radical (unpaired) electrons. The van der Waals surface area contributed by atoms with Gasteiger partial charge in [0.1, 0.15) is 0 Å². The molecule has 0 amide bonds. The number of hydrogen-bond donors (Lipinski definition) is 1. The van der Waals surface area contributed by atoms with E-state index in [1.165, 1.54) is 18.4 Å². The van der Waals surface area contributed by atoms with Gasteiger partial charge in [0.05, 0.1) is 0 Å². The summed E-state index contributed by atoms with van der Waals surface area (Å²) in [4.78, 5) is 0. The number of benzene rings is 1. The van der Waals surface area contributed by atoms with Crippen molar-refractivity contribution in [1.29, 1.82) is 0 Å². The molecule has 0 fully saturated rings. The first-order chi connectivity index (χ1) is 7.34. The topological polar surface area (TPSA) is 35.2 Å². The molecule has 1 aromatic rings. The van der Waals surface area contributed by atoms with Crippen LogP contribution in [0.5, 0.6) is 0 Å². The number of rotatable bonds is 7. The van der Waals surface area contributed by atoms with Gasteiger partial charge in [-0.1, -0.05) is 43.2 Å². The Balaban J connectivity index is 2.16. The molecular formula is C13H21NO. The Morgan fingerprint density at radius 2 is 1.87 bits per heavy atom. The van der Waals surface area contributed by atoms with Crippen molar-refractivity contribution in [3.05, 3.63) is 35.9 Å². The Bertz CT molecular complexity index is 248. The number of nitrogens with two attached hydrogens (primary N) is 1. The number of hydrogen-bond acceptors (Lipinski definition) is 2. The van der Waals surface area contributed by atoms with E-state index in [1.54, 1.807) is 7.11 Å². The Kier molecular flexibility index (Phi) is 6.05. The molecule has 0 spiro atoms. The molecule has 2 nitrogen and oxygen atoms in total. The van der Waals surface area contributed by atoms with E-state index in [4.69, 9.17) is 10.5 Å². The van der Waals surface area contributed by atoms with Crippen LogP contribution in [0.1, 0.15) is 37.3 Å². The van der Waals surface area contributed by atoms with Crippen molar-refractivity contribution < 1.29 is 4.74 Å². The lowest BCUT2D eigenvalue weighted by Gasteiger charge is -2.11. The molecule has 1 unspecified atom stereocenters. The zero-order chi connectivity index (χ0) is 10.9. The highest BCUT2D eigenvalue weighted by Crippen LogP contribution is 2.16. The summed E-state index contributed by atoms with van der Waals surface area (Å²) in [5, 5.41) is 0. The Morgan fingerprint density at radius 1 is 1.13 bits per heavy atom. The summed E-state index contributed by atoms with van der Waals surface area (Å²) in [5.41, 5.74) is 7.32. The first kappa shape index (κ1) is 12.2. The van der Waals surface area contributed by atoms with Crippen molar-refractivity contribution in [2.75, 3.05) is 13.7 Å². The molecule has 2 N–H and O–H groups in total. The zero-order valence-corrected chi connectivity index (χ0v) is 9.49. The highest BCUT2D eigenvalue weighted by molar-refractivity contribution is 5.18. The quantitative estimate of drug-likeness (QED) is 0.698. The Labute approximate surface area is 92.4 Å². The summed E-state index contributed by atoms with van der Waals surface area (Å²) in [6, 6.07) is 10.5. The van der Waals surface area contributed by atoms with Gasteiger partial charge in [-0.3, -0.25) is 0 Å². The number of ether oxygens (including phenoxy) is 1.